The third kappa shape index (κ3) is 3.37. The maximum absolute atomic E-state index is 12.4. The number of rotatable bonds is 5. The SMILES string of the molecule is COc1ccc2c(CC(=O)N(C)Cc3ccccc3)coc2c1. The number of methoxy groups -OCH3 is 1. The van der Waals surface area contributed by atoms with E-state index in [0.717, 1.165) is 27.8 Å². The van der Waals surface area contributed by atoms with Gasteiger partial charge in [-0.3, -0.25) is 4.79 Å². The summed E-state index contributed by atoms with van der Waals surface area (Å²) in [5.74, 6) is 0.804. The number of likely N-dealkylation sites (N-methyl/N-ethyl adjacent to an activating group) is 1. The Balaban J connectivity index is 1.72. The number of ether oxygens (including phenoxy) is 1. The number of fused-ring (bicyclic) bond motifs is 1. The van der Waals surface area contributed by atoms with E-state index in [1.54, 1.807) is 18.3 Å². The highest BCUT2D eigenvalue weighted by Crippen LogP contribution is 2.26. The van der Waals surface area contributed by atoms with Crippen molar-refractivity contribution in [3.8, 4) is 5.75 Å². The summed E-state index contributed by atoms with van der Waals surface area (Å²) in [6.07, 6.45) is 1.97. The van der Waals surface area contributed by atoms with Gasteiger partial charge in [0.25, 0.3) is 0 Å². The zero-order chi connectivity index (χ0) is 16.2. The van der Waals surface area contributed by atoms with E-state index in [-0.39, 0.29) is 5.91 Å². The van der Waals surface area contributed by atoms with Gasteiger partial charge in [-0.15, -0.1) is 0 Å². The molecule has 0 atom stereocenters. The maximum atomic E-state index is 12.4. The molecular weight excluding hydrogens is 290 g/mol. The molecule has 1 aromatic heterocycles. The van der Waals surface area contributed by atoms with Crippen molar-refractivity contribution in [1.82, 2.24) is 4.90 Å². The highest BCUT2D eigenvalue weighted by Gasteiger charge is 2.14. The number of hydrogen-bond donors (Lipinski definition) is 0. The Morgan fingerprint density at radius 2 is 1.96 bits per heavy atom. The van der Waals surface area contributed by atoms with Crippen molar-refractivity contribution in [3.63, 3.8) is 0 Å². The summed E-state index contributed by atoms with van der Waals surface area (Å²) in [5, 5.41) is 0.951. The normalized spacial score (nSPS) is 10.7. The van der Waals surface area contributed by atoms with Crippen LogP contribution in [0.5, 0.6) is 5.75 Å². The molecule has 118 valence electrons. The van der Waals surface area contributed by atoms with E-state index in [2.05, 4.69) is 0 Å². The van der Waals surface area contributed by atoms with Gasteiger partial charge in [-0.2, -0.15) is 0 Å². The van der Waals surface area contributed by atoms with Crippen LogP contribution in [0.1, 0.15) is 11.1 Å². The second-order valence-corrected chi connectivity index (χ2v) is 5.54. The number of carbonyl (C=O) groups is 1. The summed E-state index contributed by atoms with van der Waals surface area (Å²) >= 11 is 0. The Morgan fingerprint density at radius 1 is 1.17 bits per heavy atom. The number of carbonyl (C=O) groups excluding carboxylic acids is 1. The quantitative estimate of drug-likeness (QED) is 0.722. The van der Waals surface area contributed by atoms with Crippen molar-refractivity contribution in [2.75, 3.05) is 14.2 Å². The lowest BCUT2D eigenvalue weighted by Crippen LogP contribution is -2.27. The highest BCUT2D eigenvalue weighted by atomic mass is 16.5. The summed E-state index contributed by atoms with van der Waals surface area (Å²) in [7, 11) is 3.44. The molecule has 0 N–H and O–H groups in total. The van der Waals surface area contributed by atoms with Crippen LogP contribution in [0, 0.1) is 0 Å². The molecule has 3 aromatic rings. The van der Waals surface area contributed by atoms with Gasteiger partial charge in [-0.05, 0) is 17.7 Å². The van der Waals surface area contributed by atoms with Crippen LogP contribution in [-0.2, 0) is 17.8 Å². The van der Waals surface area contributed by atoms with Crippen molar-refractivity contribution in [1.29, 1.82) is 0 Å². The number of furan rings is 1. The molecule has 1 amide bonds. The van der Waals surface area contributed by atoms with Crippen molar-refractivity contribution in [2.45, 2.75) is 13.0 Å². The van der Waals surface area contributed by atoms with Crippen LogP contribution in [-0.4, -0.2) is 25.0 Å². The molecule has 1 heterocycles. The molecule has 0 bridgehead atoms. The molecule has 0 aliphatic heterocycles. The second-order valence-electron chi connectivity index (χ2n) is 5.54. The van der Waals surface area contributed by atoms with Crippen LogP contribution in [0.25, 0.3) is 11.0 Å². The maximum Gasteiger partial charge on any atom is 0.227 e. The standard InChI is InChI=1S/C19H19NO3/c1-20(12-14-6-4-3-5-7-14)19(21)10-15-13-23-18-11-16(22-2)8-9-17(15)18/h3-9,11,13H,10,12H2,1-2H3. The van der Waals surface area contributed by atoms with Gasteiger partial charge < -0.3 is 14.1 Å². The summed E-state index contributed by atoms with van der Waals surface area (Å²) < 4.78 is 10.7. The zero-order valence-electron chi connectivity index (χ0n) is 13.3. The lowest BCUT2D eigenvalue weighted by Gasteiger charge is -2.17. The molecule has 0 spiro atoms. The van der Waals surface area contributed by atoms with E-state index in [9.17, 15) is 4.79 Å². The van der Waals surface area contributed by atoms with Crippen molar-refractivity contribution in [3.05, 3.63) is 65.9 Å². The minimum absolute atomic E-state index is 0.0624. The van der Waals surface area contributed by atoms with Gasteiger partial charge in [0.05, 0.1) is 19.8 Å². The molecule has 0 unspecified atom stereocenters. The molecule has 4 heteroatoms. The van der Waals surface area contributed by atoms with Gasteiger partial charge in [0.2, 0.25) is 5.91 Å². The topological polar surface area (TPSA) is 42.7 Å². The molecule has 0 aliphatic rings. The summed E-state index contributed by atoms with van der Waals surface area (Å²) in [6.45, 7) is 0.600. The monoisotopic (exact) mass is 309 g/mol. The number of hydrogen-bond acceptors (Lipinski definition) is 3. The molecule has 23 heavy (non-hydrogen) atoms. The van der Waals surface area contributed by atoms with E-state index in [1.165, 1.54) is 0 Å². The van der Waals surface area contributed by atoms with Crippen LogP contribution < -0.4 is 4.74 Å². The predicted molar refractivity (Wildman–Crippen MR) is 89.4 cm³/mol. The van der Waals surface area contributed by atoms with E-state index >= 15 is 0 Å². The first-order valence-electron chi connectivity index (χ1n) is 7.49. The molecule has 0 saturated carbocycles. The van der Waals surface area contributed by atoms with E-state index in [0.29, 0.717) is 13.0 Å². The molecule has 4 nitrogen and oxygen atoms in total. The fourth-order valence-corrected chi connectivity index (χ4v) is 2.57. The summed E-state index contributed by atoms with van der Waals surface area (Å²) in [4.78, 5) is 14.2. The van der Waals surface area contributed by atoms with Gasteiger partial charge in [-0.1, -0.05) is 30.3 Å². The van der Waals surface area contributed by atoms with Crippen LogP contribution in [0.2, 0.25) is 0 Å². The molecule has 0 aliphatic carbocycles. The van der Waals surface area contributed by atoms with E-state index < -0.39 is 0 Å². The van der Waals surface area contributed by atoms with Crippen molar-refractivity contribution < 1.29 is 13.9 Å². The van der Waals surface area contributed by atoms with Crippen LogP contribution in [0.15, 0.2) is 59.2 Å². The van der Waals surface area contributed by atoms with Crippen molar-refractivity contribution in [2.24, 2.45) is 0 Å². The second kappa shape index (κ2) is 6.57. The average molecular weight is 309 g/mol. The Labute approximate surface area is 135 Å². The lowest BCUT2D eigenvalue weighted by atomic mass is 10.1. The fraction of sp³-hybridized carbons (Fsp3) is 0.211. The molecule has 0 fully saturated rings. The van der Waals surface area contributed by atoms with Crippen LogP contribution in [0.4, 0.5) is 0 Å². The van der Waals surface area contributed by atoms with Crippen LogP contribution >= 0.6 is 0 Å². The molecule has 0 saturated heterocycles. The predicted octanol–water partition coefficient (Wildman–Crippen LogP) is 3.64. The summed E-state index contributed by atoms with van der Waals surface area (Å²) in [6, 6.07) is 15.6. The number of amides is 1. The van der Waals surface area contributed by atoms with Gasteiger partial charge in [0.15, 0.2) is 0 Å². The number of nitrogens with zero attached hydrogens (tertiary/aromatic N) is 1. The molecule has 0 radical (unpaired) electrons. The number of benzene rings is 2. The minimum Gasteiger partial charge on any atom is -0.497 e. The Bertz CT molecular complexity index is 808. The Kier molecular flexibility index (Phi) is 4.33. The minimum atomic E-state index is 0.0624. The average Bonchev–Trinajstić information content (AvgIpc) is 2.97. The fourth-order valence-electron chi connectivity index (χ4n) is 2.57. The Morgan fingerprint density at radius 3 is 2.70 bits per heavy atom. The first-order chi connectivity index (χ1) is 11.2. The molecule has 3 rings (SSSR count). The zero-order valence-corrected chi connectivity index (χ0v) is 13.3. The van der Waals surface area contributed by atoms with Crippen LogP contribution in [0.3, 0.4) is 0 Å². The van der Waals surface area contributed by atoms with Gasteiger partial charge in [0, 0.05) is 30.6 Å². The highest BCUT2D eigenvalue weighted by molar-refractivity contribution is 5.88. The third-order valence-corrected chi connectivity index (χ3v) is 3.89. The first kappa shape index (κ1) is 15.2. The van der Waals surface area contributed by atoms with Gasteiger partial charge in [-0.25, -0.2) is 0 Å². The van der Waals surface area contributed by atoms with Gasteiger partial charge in [0.1, 0.15) is 11.3 Å². The largest absolute Gasteiger partial charge is 0.497 e. The first-order valence-corrected chi connectivity index (χ1v) is 7.49. The van der Waals surface area contributed by atoms with Crippen molar-refractivity contribution >= 4 is 16.9 Å². The smallest absolute Gasteiger partial charge is 0.227 e. The third-order valence-electron chi connectivity index (χ3n) is 3.89. The van der Waals surface area contributed by atoms with Gasteiger partial charge >= 0.3 is 0 Å². The lowest BCUT2D eigenvalue weighted by molar-refractivity contribution is -0.129. The summed E-state index contributed by atoms with van der Waals surface area (Å²) in [5.41, 5.74) is 2.75. The Hall–Kier alpha value is -2.75. The molecule has 2 aromatic carbocycles. The van der Waals surface area contributed by atoms with E-state index in [4.69, 9.17) is 9.15 Å². The van der Waals surface area contributed by atoms with E-state index in [1.807, 2.05) is 55.6 Å². The molecular formula is C19H19NO3.